The molecule has 0 N–H and O–H groups in total. The van der Waals surface area contributed by atoms with Gasteiger partial charge in [0, 0.05) is 12.4 Å². The lowest BCUT2D eigenvalue weighted by Crippen LogP contribution is -2.33. The molecule has 0 aromatic carbocycles. The Morgan fingerprint density at radius 2 is 1.33 bits per heavy atom. The van der Waals surface area contributed by atoms with Gasteiger partial charge in [0.05, 0.1) is 0 Å². The molecule has 0 aliphatic carbocycles. The summed E-state index contributed by atoms with van der Waals surface area (Å²) in [5, 5.41) is 28.2. The van der Waals surface area contributed by atoms with Crippen LogP contribution in [0.5, 0.6) is 0 Å². The molecule has 0 spiro atoms. The van der Waals surface area contributed by atoms with Gasteiger partial charge in [-0.25, -0.2) is 0 Å². The number of carbonyl (C=O) groups is 5. The number of Topliss-reactive ketones (excluding diaryl/α,β-unsaturated/α-hetero) is 1. The van der Waals surface area contributed by atoms with Gasteiger partial charge in [-0.2, -0.15) is 0 Å². The molecule has 0 rings (SSSR count). The summed E-state index contributed by atoms with van der Waals surface area (Å²) in [6.45, 7) is 0. The van der Waals surface area contributed by atoms with Crippen LogP contribution in [0.3, 0.4) is 0 Å². The van der Waals surface area contributed by atoms with E-state index >= 15 is 0 Å². The fraction of sp³-hybridized carbons (Fsp3) is 0.286. The highest BCUT2D eigenvalue weighted by Crippen LogP contribution is 1.87. The van der Waals surface area contributed by atoms with Crippen molar-refractivity contribution >= 4 is 30.0 Å². The van der Waals surface area contributed by atoms with Crippen LogP contribution in [0, 0.1) is 0 Å². The molecule has 8 heteroatoms. The van der Waals surface area contributed by atoms with Crippen LogP contribution in [-0.2, 0) is 24.0 Å². The molecule has 0 fully saturated rings. The van der Waals surface area contributed by atoms with Gasteiger partial charge in [-0.15, -0.1) is 0 Å². The molecule has 15 heavy (non-hydrogen) atoms. The Kier molecular flexibility index (Phi) is 8.48. The average Bonchev–Trinajstić information content (AvgIpc) is 2.14. The Balaban J connectivity index is 0. The van der Waals surface area contributed by atoms with Gasteiger partial charge in [0.1, 0.15) is 11.9 Å². The quantitative estimate of drug-likeness (QED) is 0.326. The number of carboxylic acid groups (broad SMARTS) is 3. The molecule has 0 unspecified atom stereocenters. The number of ketones is 1. The molecule has 0 saturated heterocycles. The second kappa shape index (κ2) is 8.35. The van der Waals surface area contributed by atoms with Gasteiger partial charge in [0.15, 0.2) is 12.1 Å². The predicted octanol–water partition coefficient (Wildman–Crippen LogP) is -5.23. The van der Waals surface area contributed by atoms with Gasteiger partial charge in [-0.05, 0) is 6.42 Å². The molecule has 0 heterocycles. The van der Waals surface area contributed by atoms with Gasteiger partial charge >= 0.3 is 0 Å². The standard InChI is InChI=1S/C5H6O5.C2H2O3/c6-3(5(9)10)1-2-4(7)8;3-1-2(4)5/h1-2H2,(H,7,8)(H,9,10);1H,(H,4,5)/p-3. The number of hydrogen-bond donors (Lipinski definition) is 0. The van der Waals surface area contributed by atoms with Crippen molar-refractivity contribution in [2.75, 3.05) is 0 Å². The zero-order valence-corrected chi connectivity index (χ0v) is 7.26. The van der Waals surface area contributed by atoms with E-state index in [0.717, 1.165) is 0 Å². The van der Waals surface area contributed by atoms with E-state index < -0.39 is 36.5 Å². The van der Waals surface area contributed by atoms with Crippen molar-refractivity contribution in [2.24, 2.45) is 0 Å². The summed E-state index contributed by atoms with van der Waals surface area (Å²) < 4.78 is 0. The molecule has 0 aliphatic rings. The van der Waals surface area contributed by atoms with Crippen molar-refractivity contribution in [3.05, 3.63) is 0 Å². The highest BCUT2D eigenvalue weighted by molar-refractivity contribution is 6.31. The summed E-state index contributed by atoms with van der Waals surface area (Å²) in [5.41, 5.74) is 0. The van der Waals surface area contributed by atoms with Crippen LogP contribution in [-0.4, -0.2) is 30.0 Å². The lowest BCUT2D eigenvalue weighted by atomic mass is 10.2. The van der Waals surface area contributed by atoms with Gasteiger partial charge < -0.3 is 29.7 Å². The molecule has 8 nitrogen and oxygen atoms in total. The fourth-order valence-electron chi connectivity index (χ4n) is 0.318. The molecule has 0 radical (unpaired) electrons. The third kappa shape index (κ3) is 14.6. The second-order valence-electron chi connectivity index (χ2n) is 2.02. The highest BCUT2D eigenvalue weighted by Gasteiger charge is 2.00. The Morgan fingerprint density at radius 3 is 1.53 bits per heavy atom. The molecular formula is C7H5O8-3. The topological polar surface area (TPSA) is 155 Å². The monoisotopic (exact) mass is 217 g/mol. The summed E-state index contributed by atoms with van der Waals surface area (Å²) in [7, 11) is 0. The number of aliphatic carboxylic acids is 3. The Bertz CT molecular complexity index is 279. The van der Waals surface area contributed by atoms with Crippen molar-refractivity contribution < 1.29 is 39.3 Å². The zero-order chi connectivity index (χ0) is 12.4. The van der Waals surface area contributed by atoms with Crippen LogP contribution in [0.2, 0.25) is 0 Å². The van der Waals surface area contributed by atoms with E-state index in [1.165, 1.54) is 0 Å². The summed E-state index contributed by atoms with van der Waals surface area (Å²) >= 11 is 0. The lowest BCUT2D eigenvalue weighted by molar-refractivity contribution is -0.306. The van der Waals surface area contributed by atoms with Crippen molar-refractivity contribution in [1.82, 2.24) is 0 Å². The van der Waals surface area contributed by atoms with E-state index in [4.69, 9.17) is 14.7 Å². The van der Waals surface area contributed by atoms with Crippen LogP contribution in [0.15, 0.2) is 0 Å². The van der Waals surface area contributed by atoms with E-state index in [2.05, 4.69) is 0 Å². The summed E-state index contributed by atoms with van der Waals surface area (Å²) in [5.74, 6) is -6.20. The van der Waals surface area contributed by atoms with Crippen molar-refractivity contribution in [1.29, 1.82) is 0 Å². The first-order chi connectivity index (χ1) is 6.81. The van der Waals surface area contributed by atoms with Crippen molar-refractivity contribution in [2.45, 2.75) is 12.8 Å². The van der Waals surface area contributed by atoms with Gasteiger partial charge in [-0.3, -0.25) is 9.59 Å². The average molecular weight is 217 g/mol. The summed E-state index contributed by atoms with van der Waals surface area (Å²) in [6, 6.07) is 0. The normalized spacial score (nSPS) is 8.00. The van der Waals surface area contributed by atoms with E-state index in [1.54, 1.807) is 0 Å². The van der Waals surface area contributed by atoms with Crippen LogP contribution in [0.1, 0.15) is 12.8 Å². The largest absolute Gasteiger partial charge is 0.550 e. The fourth-order valence-corrected chi connectivity index (χ4v) is 0.318. The first-order valence-electron chi connectivity index (χ1n) is 3.41. The maximum Gasteiger partial charge on any atom is 0.178 e. The first-order valence-corrected chi connectivity index (χ1v) is 3.41. The molecule has 0 amide bonds. The summed E-state index contributed by atoms with van der Waals surface area (Å²) in [4.78, 5) is 47.1. The molecule has 84 valence electrons. The number of carbonyl (C=O) groups excluding carboxylic acids is 5. The molecule has 0 aromatic rings. The SMILES string of the molecule is O=C([O-])CCC(=O)C(=O)[O-].O=CC(=O)[O-]. The molecule has 0 saturated carbocycles. The lowest BCUT2D eigenvalue weighted by Gasteiger charge is -2.00. The van der Waals surface area contributed by atoms with E-state index in [9.17, 15) is 24.6 Å². The van der Waals surface area contributed by atoms with E-state index in [1.807, 2.05) is 0 Å². The third-order valence-corrected chi connectivity index (χ3v) is 0.880. The second-order valence-corrected chi connectivity index (χ2v) is 2.02. The first kappa shape index (κ1) is 15.2. The van der Waals surface area contributed by atoms with Gasteiger partial charge in [-0.1, -0.05) is 0 Å². The van der Waals surface area contributed by atoms with Crippen LogP contribution in [0.4, 0.5) is 0 Å². The summed E-state index contributed by atoms with van der Waals surface area (Å²) in [6.07, 6.45) is -1.42. The minimum atomic E-state index is -1.86. The van der Waals surface area contributed by atoms with Gasteiger partial charge in [0.25, 0.3) is 0 Å². The molecule has 0 aromatic heterocycles. The molecule has 0 bridgehead atoms. The van der Waals surface area contributed by atoms with Crippen molar-refractivity contribution in [3.8, 4) is 0 Å². The molecule has 0 atom stereocenters. The molecule has 0 aliphatic heterocycles. The number of aldehydes is 1. The van der Waals surface area contributed by atoms with Crippen LogP contribution >= 0.6 is 0 Å². The predicted molar refractivity (Wildman–Crippen MR) is 35.3 cm³/mol. The molecular weight excluding hydrogens is 212 g/mol. The minimum Gasteiger partial charge on any atom is -0.550 e. The smallest absolute Gasteiger partial charge is 0.178 e. The Morgan fingerprint density at radius 1 is 0.933 bits per heavy atom. The number of carboxylic acids is 3. The Hall–Kier alpha value is -2.25. The number of hydrogen-bond acceptors (Lipinski definition) is 8. The van der Waals surface area contributed by atoms with E-state index in [-0.39, 0.29) is 6.29 Å². The third-order valence-electron chi connectivity index (χ3n) is 0.880. The Labute approximate surface area is 83.1 Å². The maximum atomic E-state index is 10.1. The number of rotatable bonds is 5. The minimum absolute atomic E-state index is 0.278. The van der Waals surface area contributed by atoms with Crippen molar-refractivity contribution in [3.63, 3.8) is 0 Å². The highest BCUT2D eigenvalue weighted by atomic mass is 16.4. The van der Waals surface area contributed by atoms with Gasteiger partial charge in [0.2, 0.25) is 0 Å². The van der Waals surface area contributed by atoms with E-state index in [0.29, 0.717) is 0 Å². The van der Waals surface area contributed by atoms with Crippen LogP contribution in [0.25, 0.3) is 0 Å². The van der Waals surface area contributed by atoms with Crippen LogP contribution < -0.4 is 15.3 Å². The maximum absolute atomic E-state index is 10.1. The zero-order valence-electron chi connectivity index (χ0n) is 7.26.